The number of piperazine rings is 1. The van der Waals surface area contributed by atoms with Crippen LogP contribution in [-0.2, 0) is 16.1 Å². The van der Waals surface area contributed by atoms with E-state index in [1.165, 1.54) is 4.90 Å². The second kappa shape index (κ2) is 10.5. The molecule has 9 heteroatoms. The van der Waals surface area contributed by atoms with Crippen LogP contribution in [0.5, 0.6) is 5.75 Å². The van der Waals surface area contributed by atoms with Crippen molar-refractivity contribution >= 4 is 29.4 Å². The molecule has 2 aromatic carbocycles. The van der Waals surface area contributed by atoms with Crippen LogP contribution in [0.15, 0.2) is 48.5 Å². The molecule has 0 unspecified atom stereocenters. The SMILES string of the molecule is CCOC(=O)N1CCN(c2ccc(N3CCC(=O)N(Cc4ccc(OC)cc4)C3=O)cc2)CC1. The van der Waals surface area contributed by atoms with Gasteiger partial charge in [0.25, 0.3) is 0 Å². The van der Waals surface area contributed by atoms with Crippen LogP contribution in [0.2, 0.25) is 0 Å². The zero-order valence-corrected chi connectivity index (χ0v) is 19.6. The number of ether oxygens (including phenoxy) is 2. The summed E-state index contributed by atoms with van der Waals surface area (Å²) in [7, 11) is 1.60. The number of nitrogens with zero attached hydrogens (tertiary/aromatic N) is 4. The van der Waals surface area contributed by atoms with Crippen LogP contribution in [0.3, 0.4) is 0 Å². The molecule has 4 rings (SSSR count). The highest BCUT2D eigenvalue weighted by Gasteiger charge is 2.33. The standard InChI is InChI=1S/C25H30N4O5/c1-3-34-25(32)27-16-14-26(15-17-27)20-6-8-21(9-7-20)28-13-12-23(30)29(24(28)31)18-19-4-10-22(33-2)11-5-19/h4-11H,3,12-18H2,1-2H3. The summed E-state index contributed by atoms with van der Waals surface area (Å²) in [5.41, 5.74) is 2.65. The Morgan fingerprint density at radius 3 is 2.15 bits per heavy atom. The van der Waals surface area contributed by atoms with Gasteiger partial charge in [0.1, 0.15) is 5.75 Å². The maximum Gasteiger partial charge on any atom is 0.409 e. The Hall–Kier alpha value is -3.75. The first-order chi connectivity index (χ1) is 16.5. The summed E-state index contributed by atoms with van der Waals surface area (Å²) in [6, 6.07) is 14.8. The Morgan fingerprint density at radius 1 is 0.882 bits per heavy atom. The molecule has 34 heavy (non-hydrogen) atoms. The molecular formula is C25H30N4O5. The van der Waals surface area contributed by atoms with Gasteiger partial charge >= 0.3 is 12.1 Å². The molecule has 2 heterocycles. The monoisotopic (exact) mass is 466 g/mol. The lowest BCUT2D eigenvalue weighted by Crippen LogP contribution is -2.52. The minimum absolute atomic E-state index is 0.173. The Labute approximate surface area is 199 Å². The van der Waals surface area contributed by atoms with Gasteiger partial charge in [-0.2, -0.15) is 0 Å². The molecule has 0 saturated carbocycles. The van der Waals surface area contributed by atoms with Gasteiger partial charge in [-0.3, -0.25) is 14.6 Å². The Kier molecular flexibility index (Phi) is 7.20. The third kappa shape index (κ3) is 5.08. The van der Waals surface area contributed by atoms with Crippen LogP contribution in [0, 0.1) is 0 Å². The molecule has 0 aromatic heterocycles. The van der Waals surface area contributed by atoms with Crippen LogP contribution >= 0.6 is 0 Å². The van der Waals surface area contributed by atoms with Crippen LogP contribution in [-0.4, -0.2) is 74.3 Å². The zero-order chi connectivity index (χ0) is 24.1. The first-order valence-corrected chi connectivity index (χ1v) is 11.5. The predicted molar refractivity (Wildman–Crippen MR) is 128 cm³/mol. The summed E-state index contributed by atoms with van der Waals surface area (Å²) in [6.07, 6.45) is 0.00859. The lowest BCUT2D eigenvalue weighted by Gasteiger charge is -2.36. The quantitative estimate of drug-likeness (QED) is 0.650. The summed E-state index contributed by atoms with van der Waals surface area (Å²) >= 11 is 0. The molecule has 2 aliphatic heterocycles. The molecule has 0 aliphatic carbocycles. The number of carbonyl (C=O) groups excluding carboxylic acids is 3. The minimum Gasteiger partial charge on any atom is -0.497 e. The topological polar surface area (TPSA) is 82.6 Å². The summed E-state index contributed by atoms with van der Waals surface area (Å²) < 4.78 is 10.2. The van der Waals surface area contributed by atoms with E-state index in [2.05, 4.69) is 4.90 Å². The number of carbonyl (C=O) groups is 3. The smallest absolute Gasteiger partial charge is 0.409 e. The van der Waals surface area contributed by atoms with Crippen LogP contribution < -0.4 is 14.5 Å². The first-order valence-electron chi connectivity index (χ1n) is 11.5. The largest absolute Gasteiger partial charge is 0.497 e. The van der Waals surface area contributed by atoms with Gasteiger partial charge in [0, 0.05) is 50.5 Å². The van der Waals surface area contributed by atoms with Crippen molar-refractivity contribution in [2.45, 2.75) is 19.9 Å². The molecule has 0 N–H and O–H groups in total. The fourth-order valence-corrected chi connectivity index (χ4v) is 4.20. The highest BCUT2D eigenvalue weighted by molar-refractivity contribution is 6.05. The molecule has 2 saturated heterocycles. The van der Waals surface area contributed by atoms with Crippen molar-refractivity contribution < 1.29 is 23.9 Å². The number of hydrogen-bond acceptors (Lipinski definition) is 6. The van der Waals surface area contributed by atoms with Crippen molar-refractivity contribution in [2.75, 3.05) is 56.2 Å². The average molecular weight is 467 g/mol. The molecule has 4 amide bonds. The van der Waals surface area contributed by atoms with Gasteiger partial charge in [-0.05, 0) is 48.9 Å². The van der Waals surface area contributed by atoms with Crippen LogP contribution in [0.1, 0.15) is 18.9 Å². The van der Waals surface area contributed by atoms with Gasteiger partial charge in [0.15, 0.2) is 0 Å². The molecule has 2 aliphatic rings. The predicted octanol–water partition coefficient (Wildman–Crippen LogP) is 3.33. The van der Waals surface area contributed by atoms with E-state index < -0.39 is 0 Å². The molecule has 0 atom stereocenters. The van der Waals surface area contributed by atoms with Crippen molar-refractivity contribution in [1.29, 1.82) is 0 Å². The number of urea groups is 1. The Bertz CT molecular complexity index is 1020. The highest BCUT2D eigenvalue weighted by atomic mass is 16.6. The highest BCUT2D eigenvalue weighted by Crippen LogP contribution is 2.26. The van der Waals surface area contributed by atoms with E-state index in [0.29, 0.717) is 39.3 Å². The van der Waals surface area contributed by atoms with Crippen molar-refractivity contribution in [3.63, 3.8) is 0 Å². The van der Waals surface area contributed by atoms with E-state index in [-0.39, 0.29) is 31.0 Å². The molecule has 0 radical (unpaired) electrons. The first kappa shape index (κ1) is 23.4. The maximum absolute atomic E-state index is 13.2. The minimum atomic E-state index is -0.317. The molecule has 180 valence electrons. The normalized spacial score (nSPS) is 16.6. The number of methoxy groups -OCH3 is 1. The summed E-state index contributed by atoms with van der Waals surface area (Å²) in [5.74, 6) is 0.553. The molecular weight excluding hydrogens is 436 g/mol. The number of anilines is 2. The van der Waals surface area contributed by atoms with E-state index in [1.54, 1.807) is 23.8 Å². The molecule has 2 fully saturated rings. The van der Waals surface area contributed by atoms with E-state index in [0.717, 1.165) is 22.7 Å². The number of benzene rings is 2. The van der Waals surface area contributed by atoms with Crippen LogP contribution in [0.25, 0.3) is 0 Å². The Balaban J connectivity index is 1.39. The van der Waals surface area contributed by atoms with Gasteiger partial charge in [-0.25, -0.2) is 9.59 Å². The number of amides is 4. The number of imide groups is 1. The fraction of sp³-hybridized carbons (Fsp3) is 0.400. The van der Waals surface area contributed by atoms with Gasteiger partial charge in [-0.1, -0.05) is 12.1 Å². The summed E-state index contributed by atoms with van der Waals surface area (Å²) in [4.78, 5) is 44.4. The second-order valence-corrected chi connectivity index (χ2v) is 8.20. The summed E-state index contributed by atoms with van der Waals surface area (Å²) in [6.45, 7) is 5.39. The zero-order valence-electron chi connectivity index (χ0n) is 19.6. The van der Waals surface area contributed by atoms with Crippen molar-refractivity contribution in [2.24, 2.45) is 0 Å². The molecule has 2 aromatic rings. The fourth-order valence-electron chi connectivity index (χ4n) is 4.20. The second-order valence-electron chi connectivity index (χ2n) is 8.20. The number of rotatable bonds is 6. The third-order valence-corrected chi connectivity index (χ3v) is 6.14. The molecule has 0 bridgehead atoms. The number of hydrogen-bond donors (Lipinski definition) is 0. The van der Waals surface area contributed by atoms with Crippen molar-refractivity contribution in [3.8, 4) is 5.75 Å². The van der Waals surface area contributed by atoms with E-state index in [4.69, 9.17) is 9.47 Å². The third-order valence-electron chi connectivity index (χ3n) is 6.14. The van der Waals surface area contributed by atoms with Gasteiger partial charge in [0.05, 0.1) is 20.3 Å². The Morgan fingerprint density at radius 2 is 1.53 bits per heavy atom. The van der Waals surface area contributed by atoms with Crippen LogP contribution in [0.4, 0.5) is 21.0 Å². The lowest BCUT2D eigenvalue weighted by molar-refractivity contribution is -0.129. The van der Waals surface area contributed by atoms with E-state index >= 15 is 0 Å². The maximum atomic E-state index is 13.2. The van der Waals surface area contributed by atoms with E-state index in [9.17, 15) is 14.4 Å². The van der Waals surface area contributed by atoms with E-state index in [1.807, 2.05) is 48.5 Å². The van der Waals surface area contributed by atoms with Gasteiger partial charge in [-0.15, -0.1) is 0 Å². The van der Waals surface area contributed by atoms with Crippen molar-refractivity contribution in [3.05, 3.63) is 54.1 Å². The van der Waals surface area contributed by atoms with Crippen molar-refractivity contribution in [1.82, 2.24) is 9.80 Å². The molecule has 0 spiro atoms. The lowest BCUT2D eigenvalue weighted by atomic mass is 10.1. The van der Waals surface area contributed by atoms with Gasteiger partial charge < -0.3 is 19.3 Å². The summed E-state index contributed by atoms with van der Waals surface area (Å²) in [5, 5.41) is 0. The van der Waals surface area contributed by atoms with Gasteiger partial charge in [0.2, 0.25) is 5.91 Å². The average Bonchev–Trinajstić information content (AvgIpc) is 2.87. The molecule has 9 nitrogen and oxygen atoms in total.